The normalized spacial score (nSPS) is 20.7. The second-order valence-corrected chi connectivity index (χ2v) is 3.10. The minimum Gasteiger partial charge on any atom is -0.438 e. The summed E-state index contributed by atoms with van der Waals surface area (Å²) in [4.78, 5) is 23.7. The lowest BCUT2D eigenvalue weighted by Gasteiger charge is -2.22. The quantitative estimate of drug-likeness (QED) is 0.495. The Morgan fingerprint density at radius 2 is 2.43 bits per heavy atom. The van der Waals surface area contributed by atoms with E-state index in [2.05, 4.69) is 6.58 Å². The van der Waals surface area contributed by atoms with Gasteiger partial charge >= 0.3 is 5.97 Å². The van der Waals surface area contributed by atoms with E-state index in [0.717, 1.165) is 0 Å². The maximum absolute atomic E-state index is 11.5. The molecule has 0 aromatic carbocycles. The fourth-order valence-electron chi connectivity index (χ4n) is 1.31. The maximum atomic E-state index is 11.5. The van der Waals surface area contributed by atoms with Crippen LogP contribution in [0.2, 0.25) is 0 Å². The Kier molecular flexibility index (Phi) is 3.06. The van der Waals surface area contributed by atoms with Crippen LogP contribution in [-0.2, 0) is 14.3 Å². The molecule has 1 amide bonds. The van der Waals surface area contributed by atoms with Gasteiger partial charge in [-0.2, -0.15) is 0 Å². The number of carbonyl (C=O) groups is 2. The van der Waals surface area contributed by atoms with Gasteiger partial charge in [-0.25, -0.2) is 0 Å². The van der Waals surface area contributed by atoms with Crippen molar-refractivity contribution in [2.45, 2.75) is 20.1 Å². The van der Waals surface area contributed by atoms with Crippen molar-refractivity contribution in [3.63, 3.8) is 0 Å². The molecule has 1 atom stereocenters. The van der Waals surface area contributed by atoms with E-state index in [1.165, 1.54) is 11.8 Å². The van der Waals surface area contributed by atoms with Gasteiger partial charge < -0.3 is 4.74 Å². The monoisotopic (exact) mass is 195 g/mol. The lowest BCUT2D eigenvalue weighted by molar-refractivity contribution is -0.154. The highest BCUT2D eigenvalue weighted by atomic mass is 16.6. The van der Waals surface area contributed by atoms with Crippen LogP contribution in [0.15, 0.2) is 24.3 Å². The van der Waals surface area contributed by atoms with Crippen molar-refractivity contribution in [3.8, 4) is 0 Å². The van der Waals surface area contributed by atoms with Crippen LogP contribution in [-0.4, -0.2) is 29.5 Å². The molecule has 1 heterocycles. The summed E-state index contributed by atoms with van der Waals surface area (Å²) in [5.74, 6) is -0.515. The molecule has 1 aliphatic heterocycles. The Labute approximate surface area is 82.8 Å². The Hall–Kier alpha value is -1.58. The van der Waals surface area contributed by atoms with Crippen LogP contribution in [0.1, 0.15) is 13.8 Å². The first-order valence-corrected chi connectivity index (χ1v) is 4.33. The molecule has 4 heteroatoms. The molecular formula is C10H13NO3. The average molecular weight is 195 g/mol. The molecule has 14 heavy (non-hydrogen) atoms. The van der Waals surface area contributed by atoms with Gasteiger partial charge in [0.05, 0.1) is 0 Å². The SMILES string of the molecule is C=CCN1C(=O)C(C)=C[C@H]1OC(C)=O. The number of esters is 1. The topological polar surface area (TPSA) is 46.6 Å². The average Bonchev–Trinajstić information content (AvgIpc) is 2.32. The molecular weight excluding hydrogens is 182 g/mol. The Bertz CT molecular complexity index is 306. The van der Waals surface area contributed by atoms with Gasteiger partial charge in [0.1, 0.15) is 0 Å². The number of amides is 1. The summed E-state index contributed by atoms with van der Waals surface area (Å²) >= 11 is 0. The smallest absolute Gasteiger partial charge is 0.304 e. The van der Waals surface area contributed by atoms with Crippen molar-refractivity contribution < 1.29 is 14.3 Å². The van der Waals surface area contributed by atoms with Crippen molar-refractivity contribution in [2.75, 3.05) is 6.54 Å². The molecule has 1 aliphatic rings. The predicted octanol–water partition coefficient (Wildman–Crippen LogP) is 0.850. The summed E-state index contributed by atoms with van der Waals surface area (Å²) in [6, 6.07) is 0. The van der Waals surface area contributed by atoms with Crippen LogP contribution in [0.3, 0.4) is 0 Å². The first kappa shape index (κ1) is 10.5. The Morgan fingerprint density at radius 3 is 2.93 bits per heavy atom. The minimum atomic E-state index is -0.571. The van der Waals surface area contributed by atoms with Crippen LogP contribution >= 0.6 is 0 Å². The Morgan fingerprint density at radius 1 is 1.79 bits per heavy atom. The molecule has 0 unspecified atom stereocenters. The number of hydrogen-bond donors (Lipinski definition) is 0. The molecule has 76 valence electrons. The summed E-state index contributed by atoms with van der Waals surface area (Å²) in [6.07, 6.45) is 2.66. The maximum Gasteiger partial charge on any atom is 0.304 e. The molecule has 0 N–H and O–H groups in total. The molecule has 0 radical (unpaired) electrons. The van der Waals surface area contributed by atoms with E-state index in [4.69, 9.17) is 4.74 Å². The van der Waals surface area contributed by atoms with Crippen molar-refractivity contribution >= 4 is 11.9 Å². The summed E-state index contributed by atoms with van der Waals surface area (Å²) in [7, 11) is 0. The fourth-order valence-corrected chi connectivity index (χ4v) is 1.31. The van der Waals surface area contributed by atoms with Crippen LogP contribution in [0, 0.1) is 0 Å². The highest BCUT2D eigenvalue weighted by molar-refractivity contribution is 5.95. The molecule has 4 nitrogen and oxygen atoms in total. The van der Waals surface area contributed by atoms with E-state index in [1.807, 2.05) is 0 Å². The molecule has 0 aromatic heterocycles. The van der Waals surface area contributed by atoms with E-state index in [9.17, 15) is 9.59 Å². The Balaban J connectivity index is 2.76. The number of nitrogens with zero attached hydrogens (tertiary/aromatic N) is 1. The summed E-state index contributed by atoms with van der Waals surface area (Å²) in [6.45, 7) is 6.93. The molecule has 0 saturated heterocycles. The zero-order valence-corrected chi connectivity index (χ0v) is 8.32. The van der Waals surface area contributed by atoms with Crippen molar-refractivity contribution in [1.82, 2.24) is 4.90 Å². The third-order valence-electron chi connectivity index (χ3n) is 1.91. The lowest BCUT2D eigenvalue weighted by atomic mass is 10.3. The largest absolute Gasteiger partial charge is 0.438 e. The van der Waals surface area contributed by atoms with Crippen LogP contribution in [0.25, 0.3) is 0 Å². The zero-order chi connectivity index (χ0) is 10.7. The van der Waals surface area contributed by atoms with Crippen molar-refractivity contribution in [3.05, 3.63) is 24.3 Å². The summed E-state index contributed by atoms with van der Waals surface area (Å²) in [5.41, 5.74) is 0.595. The fraction of sp³-hybridized carbons (Fsp3) is 0.400. The molecule has 0 fully saturated rings. The molecule has 0 aromatic rings. The van der Waals surface area contributed by atoms with Gasteiger partial charge in [0.15, 0.2) is 6.23 Å². The first-order valence-electron chi connectivity index (χ1n) is 4.33. The van der Waals surface area contributed by atoms with E-state index in [-0.39, 0.29) is 5.91 Å². The minimum absolute atomic E-state index is 0.115. The number of ether oxygens (including phenoxy) is 1. The third-order valence-corrected chi connectivity index (χ3v) is 1.91. The molecule has 1 rings (SSSR count). The van der Waals surface area contributed by atoms with Gasteiger partial charge in [-0.1, -0.05) is 6.08 Å². The van der Waals surface area contributed by atoms with Gasteiger partial charge in [0, 0.05) is 19.0 Å². The van der Waals surface area contributed by atoms with Crippen LogP contribution < -0.4 is 0 Å². The third kappa shape index (κ3) is 2.02. The van der Waals surface area contributed by atoms with E-state index in [0.29, 0.717) is 12.1 Å². The van der Waals surface area contributed by atoms with Crippen molar-refractivity contribution in [2.24, 2.45) is 0 Å². The molecule has 0 aliphatic carbocycles. The van der Waals surface area contributed by atoms with Crippen molar-refractivity contribution in [1.29, 1.82) is 0 Å². The van der Waals surface area contributed by atoms with E-state index < -0.39 is 12.2 Å². The van der Waals surface area contributed by atoms with Crippen LogP contribution in [0.5, 0.6) is 0 Å². The molecule has 0 spiro atoms. The van der Waals surface area contributed by atoms with E-state index >= 15 is 0 Å². The number of carbonyl (C=O) groups excluding carboxylic acids is 2. The van der Waals surface area contributed by atoms with Gasteiger partial charge in [-0.05, 0) is 13.0 Å². The number of hydrogen-bond acceptors (Lipinski definition) is 3. The second kappa shape index (κ2) is 4.09. The highest BCUT2D eigenvalue weighted by Crippen LogP contribution is 2.18. The predicted molar refractivity (Wildman–Crippen MR) is 51.2 cm³/mol. The van der Waals surface area contributed by atoms with Gasteiger partial charge in [-0.3, -0.25) is 14.5 Å². The van der Waals surface area contributed by atoms with E-state index in [1.54, 1.807) is 19.1 Å². The van der Waals surface area contributed by atoms with Gasteiger partial charge in [-0.15, -0.1) is 6.58 Å². The van der Waals surface area contributed by atoms with Gasteiger partial charge in [0.25, 0.3) is 5.91 Å². The zero-order valence-electron chi connectivity index (χ0n) is 8.32. The lowest BCUT2D eigenvalue weighted by Crippen LogP contribution is -2.37. The molecule has 0 saturated carbocycles. The highest BCUT2D eigenvalue weighted by Gasteiger charge is 2.30. The molecule has 0 bridgehead atoms. The summed E-state index contributed by atoms with van der Waals surface area (Å²) in [5, 5.41) is 0. The first-order chi connectivity index (χ1) is 6.56. The second-order valence-electron chi connectivity index (χ2n) is 3.10. The number of rotatable bonds is 3. The van der Waals surface area contributed by atoms with Crippen LogP contribution in [0.4, 0.5) is 0 Å². The van der Waals surface area contributed by atoms with Gasteiger partial charge in [0.2, 0.25) is 0 Å². The standard InChI is InChI=1S/C10H13NO3/c1-4-5-11-9(14-8(3)12)6-7(2)10(11)13/h4,6,9H,1,5H2,2-3H3/t9-/m1/s1. The summed E-state index contributed by atoms with van der Waals surface area (Å²) < 4.78 is 4.96.